The predicted octanol–water partition coefficient (Wildman–Crippen LogP) is 16.8. The molecule has 0 saturated heterocycles. The molecule has 1 nitrogen and oxygen atoms in total. The molecule has 0 radical (unpaired) electrons. The fourth-order valence-electron chi connectivity index (χ4n) is 7.56. The van der Waals surface area contributed by atoms with Crippen molar-refractivity contribution in [1.29, 1.82) is 0 Å². The lowest BCUT2D eigenvalue weighted by atomic mass is 10.0. The largest absolute Gasteiger partial charge is 0.258 e. The van der Waals surface area contributed by atoms with Gasteiger partial charge in [-0.15, -0.1) is 0 Å². The van der Waals surface area contributed by atoms with Gasteiger partial charge in [-0.25, -0.2) is 0 Å². The van der Waals surface area contributed by atoms with E-state index in [1.54, 1.807) is 5.56 Å². The minimum Gasteiger partial charge on any atom is -0.258 e. The summed E-state index contributed by atoms with van der Waals surface area (Å²) in [5.74, 6) is 0. The van der Waals surface area contributed by atoms with Gasteiger partial charge in [0.15, 0.2) is 0 Å². The van der Waals surface area contributed by atoms with Gasteiger partial charge in [0.25, 0.3) is 0 Å². The van der Waals surface area contributed by atoms with Crippen LogP contribution in [-0.4, -0.2) is 4.98 Å². The highest BCUT2D eigenvalue weighted by Gasteiger charge is 2.05. The Morgan fingerprint density at radius 2 is 0.500 bits per heavy atom. The maximum atomic E-state index is 5.16. The van der Waals surface area contributed by atoms with Crippen molar-refractivity contribution in [3.63, 3.8) is 0 Å². The van der Waals surface area contributed by atoms with Gasteiger partial charge in [-0.1, -0.05) is 233 Å². The van der Waals surface area contributed by atoms with Crippen molar-refractivity contribution >= 4 is 0 Å². The second-order valence-corrected chi connectivity index (χ2v) is 15.9. The monoisotopic (exact) mass is 668 g/mol. The van der Waals surface area contributed by atoms with Crippen LogP contribution in [0.5, 0.6) is 0 Å². The minimum absolute atomic E-state index is 1.19. The number of pyridine rings is 1. The Balaban J connectivity index is 2.04. The summed E-state index contributed by atoms with van der Waals surface area (Å²) >= 11 is 0. The molecule has 282 valence electrons. The summed E-state index contributed by atoms with van der Waals surface area (Å²) in [6.45, 7) is 6.94. The number of nitrogens with zero attached hydrogens (tertiary/aromatic N) is 1. The smallest absolute Gasteiger partial charge is 0.0409 e. The topological polar surface area (TPSA) is 12.9 Å². The molecule has 0 aliphatic rings. The molecule has 0 spiro atoms. The summed E-state index contributed by atoms with van der Waals surface area (Å²) in [4.78, 5) is 5.16. The third-order valence-electron chi connectivity index (χ3n) is 10.9. The van der Waals surface area contributed by atoms with Crippen LogP contribution in [0.1, 0.15) is 269 Å². The molecule has 1 rings (SSSR count). The molecule has 48 heavy (non-hydrogen) atoms. The normalized spacial score (nSPS) is 11.6. The van der Waals surface area contributed by atoms with Crippen molar-refractivity contribution in [2.24, 2.45) is 0 Å². The van der Waals surface area contributed by atoms with Crippen LogP contribution in [0, 0.1) is 0 Å². The number of hydrogen-bond donors (Lipinski definition) is 0. The van der Waals surface area contributed by atoms with Crippen LogP contribution in [0.2, 0.25) is 0 Å². The quantitative estimate of drug-likeness (QED) is 0.0637. The molecule has 0 saturated carbocycles. The van der Waals surface area contributed by atoms with E-state index in [-0.39, 0.29) is 0 Å². The van der Waals surface area contributed by atoms with E-state index in [1.165, 1.54) is 262 Å². The van der Waals surface area contributed by atoms with Gasteiger partial charge >= 0.3 is 0 Å². The van der Waals surface area contributed by atoms with Gasteiger partial charge in [0, 0.05) is 11.4 Å². The fraction of sp³-hybridized carbons (Fsp3) is 0.894. The first-order valence-electron chi connectivity index (χ1n) is 22.8. The maximum Gasteiger partial charge on any atom is 0.0409 e. The van der Waals surface area contributed by atoms with Gasteiger partial charge in [-0.05, 0) is 56.2 Å². The van der Waals surface area contributed by atoms with E-state index in [0.717, 1.165) is 0 Å². The van der Waals surface area contributed by atoms with Crippen LogP contribution in [0.15, 0.2) is 12.1 Å². The summed E-state index contributed by atoms with van der Waals surface area (Å²) in [5, 5.41) is 0. The molecule has 0 aliphatic heterocycles. The van der Waals surface area contributed by atoms with Crippen molar-refractivity contribution in [2.75, 3.05) is 0 Å². The van der Waals surface area contributed by atoms with Crippen molar-refractivity contribution in [2.45, 2.75) is 271 Å². The molecule has 0 aliphatic carbocycles. The summed E-state index contributed by atoms with van der Waals surface area (Å²) in [6.07, 6.45) is 55.2. The molecule has 1 aromatic rings. The highest BCUT2D eigenvalue weighted by Crippen LogP contribution is 2.18. The Morgan fingerprint density at radius 3 is 0.750 bits per heavy atom. The average molecular weight is 668 g/mol. The predicted molar refractivity (Wildman–Crippen MR) is 219 cm³/mol. The maximum absolute atomic E-state index is 5.16. The van der Waals surface area contributed by atoms with Crippen molar-refractivity contribution < 1.29 is 0 Å². The Morgan fingerprint density at radius 1 is 0.271 bits per heavy atom. The van der Waals surface area contributed by atoms with Crippen LogP contribution in [0.3, 0.4) is 0 Å². The SMILES string of the molecule is CCCCCCCCCCCCCCCCCCCc1cc(CCCC)cc(CCCCCCCCCCCCCCCCCCC)n1. The summed E-state index contributed by atoms with van der Waals surface area (Å²) in [6, 6.07) is 4.89. The van der Waals surface area contributed by atoms with E-state index in [2.05, 4.69) is 32.9 Å². The number of hydrogen-bond acceptors (Lipinski definition) is 1. The van der Waals surface area contributed by atoms with E-state index in [4.69, 9.17) is 4.98 Å². The molecule has 0 bridgehead atoms. The van der Waals surface area contributed by atoms with Gasteiger partial charge in [-0.2, -0.15) is 0 Å². The van der Waals surface area contributed by atoms with Crippen LogP contribution in [-0.2, 0) is 19.3 Å². The van der Waals surface area contributed by atoms with E-state index in [0.29, 0.717) is 0 Å². The number of aryl methyl sites for hydroxylation is 3. The van der Waals surface area contributed by atoms with Crippen molar-refractivity contribution in [3.8, 4) is 0 Å². The first-order valence-corrected chi connectivity index (χ1v) is 22.8. The fourth-order valence-corrected chi connectivity index (χ4v) is 7.56. The zero-order valence-electron chi connectivity index (χ0n) is 33.7. The lowest BCUT2D eigenvalue weighted by Crippen LogP contribution is -2.00. The third-order valence-corrected chi connectivity index (χ3v) is 10.9. The first-order chi connectivity index (χ1) is 23.8. The Kier molecular flexibility index (Phi) is 35.2. The van der Waals surface area contributed by atoms with E-state index >= 15 is 0 Å². The Hall–Kier alpha value is -0.850. The molecular formula is C47H89N. The lowest BCUT2D eigenvalue weighted by Gasteiger charge is -2.10. The lowest BCUT2D eigenvalue weighted by molar-refractivity contribution is 0.526. The minimum atomic E-state index is 1.19. The molecular weight excluding hydrogens is 579 g/mol. The molecule has 0 aromatic carbocycles. The van der Waals surface area contributed by atoms with Crippen LogP contribution in [0.25, 0.3) is 0 Å². The summed E-state index contributed by atoms with van der Waals surface area (Å²) in [7, 11) is 0. The first kappa shape index (κ1) is 45.2. The van der Waals surface area contributed by atoms with Gasteiger partial charge < -0.3 is 0 Å². The van der Waals surface area contributed by atoms with E-state index in [1.807, 2.05) is 0 Å². The Labute approximate surface area is 304 Å². The second kappa shape index (κ2) is 37.4. The molecule has 0 N–H and O–H groups in total. The molecule has 1 aromatic heterocycles. The van der Waals surface area contributed by atoms with E-state index < -0.39 is 0 Å². The number of rotatable bonds is 39. The molecule has 0 fully saturated rings. The Bertz CT molecular complexity index is 697. The molecule has 1 heteroatoms. The highest BCUT2D eigenvalue weighted by molar-refractivity contribution is 5.22. The zero-order valence-corrected chi connectivity index (χ0v) is 33.7. The van der Waals surface area contributed by atoms with Crippen molar-refractivity contribution in [3.05, 3.63) is 29.1 Å². The zero-order chi connectivity index (χ0) is 34.4. The molecule has 0 atom stereocenters. The van der Waals surface area contributed by atoms with Gasteiger partial charge in [0.05, 0.1) is 0 Å². The van der Waals surface area contributed by atoms with Gasteiger partial charge in [-0.3, -0.25) is 4.98 Å². The molecule has 0 unspecified atom stereocenters. The summed E-state index contributed by atoms with van der Waals surface area (Å²) in [5.41, 5.74) is 4.31. The standard InChI is InChI=1S/C47H89N/c1-4-7-10-12-14-16-18-20-22-24-26-28-30-32-34-36-38-41-46-43-45(40-9-6-3)44-47(48-46)42-39-37-35-33-31-29-27-25-23-21-19-17-15-13-11-8-5-2/h43-44H,4-42H2,1-3H3. The van der Waals surface area contributed by atoms with Crippen LogP contribution < -0.4 is 0 Å². The van der Waals surface area contributed by atoms with Gasteiger partial charge in [0.2, 0.25) is 0 Å². The third kappa shape index (κ3) is 31.2. The highest BCUT2D eigenvalue weighted by atomic mass is 14.7. The summed E-state index contributed by atoms with van der Waals surface area (Å²) < 4.78 is 0. The van der Waals surface area contributed by atoms with Gasteiger partial charge in [0.1, 0.15) is 0 Å². The van der Waals surface area contributed by atoms with Crippen LogP contribution in [0.4, 0.5) is 0 Å². The van der Waals surface area contributed by atoms with Crippen LogP contribution >= 0.6 is 0 Å². The van der Waals surface area contributed by atoms with Crippen molar-refractivity contribution in [1.82, 2.24) is 4.98 Å². The second-order valence-electron chi connectivity index (χ2n) is 15.9. The average Bonchev–Trinajstić information content (AvgIpc) is 3.10. The number of unbranched alkanes of at least 4 members (excludes halogenated alkanes) is 33. The van der Waals surface area contributed by atoms with E-state index in [9.17, 15) is 0 Å². The molecule has 1 heterocycles. The number of aromatic nitrogens is 1. The molecule has 0 amide bonds.